The van der Waals surface area contributed by atoms with Crippen molar-refractivity contribution in [3.05, 3.63) is 0 Å². The van der Waals surface area contributed by atoms with Crippen molar-refractivity contribution in [3.8, 4) is 0 Å². The van der Waals surface area contributed by atoms with Gasteiger partial charge in [-0.3, -0.25) is 0 Å². The Labute approximate surface area is 114 Å². The summed E-state index contributed by atoms with van der Waals surface area (Å²) in [5, 5.41) is 8.27. The van der Waals surface area contributed by atoms with E-state index in [1.807, 2.05) is 11.8 Å². The number of thioether (sulfide) groups is 1. The van der Waals surface area contributed by atoms with Crippen LogP contribution >= 0.6 is 24.0 Å². The lowest BCUT2D eigenvalue weighted by molar-refractivity contribution is 0.179. The lowest BCUT2D eigenvalue weighted by Crippen LogP contribution is -2.47. The molecule has 1 atom stereocenters. The zero-order chi connectivity index (χ0) is 12.7. The van der Waals surface area contributed by atoms with Crippen LogP contribution in [0.25, 0.3) is 0 Å². The highest BCUT2D eigenvalue weighted by Gasteiger charge is 2.20. The Morgan fingerprint density at radius 3 is 2.59 bits per heavy atom. The Bertz CT molecular complexity index is 231. The lowest BCUT2D eigenvalue weighted by Gasteiger charge is -2.29. The molecule has 1 fully saturated rings. The third-order valence-electron chi connectivity index (χ3n) is 3.14. The minimum absolute atomic E-state index is 0.266. The van der Waals surface area contributed by atoms with E-state index in [1.165, 1.54) is 25.7 Å². The molecule has 3 nitrogen and oxygen atoms in total. The fraction of sp³-hybridized carbons (Fsp3) is 0.917. The largest absolute Gasteiger partial charge is 0.383 e. The number of methoxy groups -OCH3 is 1. The van der Waals surface area contributed by atoms with Gasteiger partial charge in [-0.05, 0) is 51.1 Å². The van der Waals surface area contributed by atoms with Gasteiger partial charge in [0.15, 0.2) is 5.11 Å². The average molecular weight is 276 g/mol. The molecule has 0 aliphatic heterocycles. The molecule has 17 heavy (non-hydrogen) atoms. The molecule has 2 N–H and O–H groups in total. The van der Waals surface area contributed by atoms with Crippen molar-refractivity contribution in [1.29, 1.82) is 0 Å². The van der Waals surface area contributed by atoms with Crippen LogP contribution in [-0.4, -0.2) is 42.4 Å². The number of hydrogen-bond donors (Lipinski definition) is 2. The third kappa shape index (κ3) is 5.93. The first-order chi connectivity index (χ1) is 8.15. The quantitative estimate of drug-likeness (QED) is 0.752. The van der Waals surface area contributed by atoms with E-state index in [9.17, 15) is 0 Å². The highest BCUT2D eigenvalue weighted by molar-refractivity contribution is 7.99. The number of nitrogens with one attached hydrogen (secondary N) is 2. The molecule has 0 saturated heterocycles. The summed E-state index contributed by atoms with van der Waals surface area (Å²) in [7, 11) is 1.71. The molecule has 0 aromatic heterocycles. The van der Waals surface area contributed by atoms with E-state index >= 15 is 0 Å². The number of thiocarbonyl (C=S) groups is 1. The van der Waals surface area contributed by atoms with Gasteiger partial charge in [0.1, 0.15) is 0 Å². The van der Waals surface area contributed by atoms with Crippen LogP contribution in [-0.2, 0) is 4.74 Å². The maximum absolute atomic E-state index is 5.30. The molecule has 0 heterocycles. The summed E-state index contributed by atoms with van der Waals surface area (Å²) in [4.78, 5) is 0. The van der Waals surface area contributed by atoms with E-state index in [1.54, 1.807) is 7.11 Å². The van der Waals surface area contributed by atoms with Crippen molar-refractivity contribution in [3.63, 3.8) is 0 Å². The first-order valence-electron chi connectivity index (χ1n) is 6.24. The predicted molar refractivity (Wildman–Crippen MR) is 79.8 cm³/mol. The Hall–Kier alpha value is 0. The minimum atomic E-state index is 0.266. The first-order valence-corrected chi connectivity index (χ1v) is 7.94. The molecule has 0 aromatic rings. The van der Waals surface area contributed by atoms with E-state index in [4.69, 9.17) is 17.0 Å². The van der Waals surface area contributed by atoms with Crippen LogP contribution in [0.15, 0.2) is 0 Å². The van der Waals surface area contributed by atoms with Gasteiger partial charge < -0.3 is 15.4 Å². The van der Waals surface area contributed by atoms with Crippen molar-refractivity contribution in [2.75, 3.05) is 20.0 Å². The Kier molecular flexibility index (Phi) is 7.23. The van der Waals surface area contributed by atoms with Crippen LogP contribution in [0, 0.1) is 0 Å². The highest BCUT2D eigenvalue weighted by atomic mass is 32.2. The van der Waals surface area contributed by atoms with Crippen LogP contribution in [0.3, 0.4) is 0 Å². The topological polar surface area (TPSA) is 33.3 Å². The maximum atomic E-state index is 5.30. The standard InChI is InChI=1S/C12H24N2OS2/c1-9(8-15-2)13-12(16)14-10-4-6-11(17-3)7-5-10/h9-11H,4-8H2,1-3H3,(H2,13,14,16). The zero-order valence-corrected chi connectivity index (χ0v) is 12.6. The molecule has 1 unspecified atom stereocenters. The van der Waals surface area contributed by atoms with Crippen molar-refractivity contribution in [2.24, 2.45) is 0 Å². The second-order valence-electron chi connectivity index (χ2n) is 4.68. The van der Waals surface area contributed by atoms with Gasteiger partial charge in [-0.1, -0.05) is 0 Å². The van der Waals surface area contributed by atoms with Gasteiger partial charge >= 0.3 is 0 Å². The van der Waals surface area contributed by atoms with E-state index in [0.717, 1.165) is 10.4 Å². The summed E-state index contributed by atoms with van der Waals surface area (Å²) in [6.45, 7) is 2.75. The third-order valence-corrected chi connectivity index (χ3v) is 4.51. The van der Waals surface area contributed by atoms with Crippen LogP contribution in [0.4, 0.5) is 0 Å². The Balaban J connectivity index is 2.19. The van der Waals surface area contributed by atoms with Crippen molar-refractivity contribution in [1.82, 2.24) is 10.6 Å². The molecular weight excluding hydrogens is 252 g/mol. The molecular formula is C12H24N2OS2. The summed E-state index contributed by atoms with van der Waals surface area (Å²) >= 11 is 7.29. The van der Waals surface area contributed by atoms with E-state index in [0.29, 0.717) is 12.6 Å². The van der Waals surface area contributed by atoms with Gasteiger partial charge in [0, 0.05) is 24.4 Å². The van der Waals surface area contributed by atoms with Crippen LogP contribution < -0.4 is 10.6 Å². The van der Waals surface area contributed by atoms with E-state index in [2.05, 4.69) is 23.8 Å². The maximum Gasteiger partial charge on any atom is 0.166 e. The Morgan fingerprint density at radius 2 is 2.06 bits per heavy atom. The molecule has 0 bridgehead atoms. The second-order valence-corrected chi connectivity index (χ2v) is 6.23. The van der Waals surface area contributed by atoms with Crippen molar-refractivity contribution >= 4 is 29.1 Å². The molecule has 1 aliphatic carbocycles. The van der Waals surface area contributed by atoms with Crippen LogP contribution in [0.1, 0.15) is 32.6 Å². The van der Waals surface area contributed by atoms with Gasteiger partial charge in [0.2, 0.25) is 0 Å². The molecule has 100 valence electrons. The smallest absolute Gasteiger partial charge is 0.166 e. The molecule has 1 rings (SSSR count). The summed E-state index contributed by atoms with van der Waals surface area (Å²) in [5.74, 6) is 0. The average Bonchev–Trinajstić information content (AvgIpc) is 2.30. The van der Waals surface area contributed by atoms with Gasteiger partial charge in [-0.15, -0.1) is 0 Å². The molecule has 0 radical (unpaired) electrons. The highest BCUT2D eigenvalue weighted by Crippen LogP contribution is 2.26. The fourth-order valence-electron chi connectivity index (χ4n) is 2.19. The first kappa shape index (κ1) is 15.1. The number of hydrogen-bond acceptors (Lipinski definition) is 3. The number of ether oxygens (including phenoxy) is 1. The summed E-state index contributed by atoms with van der Waals surface area (Å²) in [6, 6.07) is 0.815. The van der Waals surface area contributed by atoms with Gasteiger partial charge in [-0.25, -0.2) is 0 Å². The molecule has 1 saturated carbocycles. The predicted octanol–water partition coefficient (Wildman–Crippen LogP) is 2.16. The normalized spacial score (nSPS) is 26.3. The minimum Gasteiger partial charge on any atom is -0.383 e. The van der Waals surface area contributed by atoms with Gasteiger partial charge in [-0.2, -0.15) is 11.8 Å². The van der Waals surface area contributed by atoms with Crippen LogP contribution in [0.2, 0.25) is 0 Å². The fourth-order valence-corrected chi connectivity index (χ4v) is 3.30. The van der Waals surface area contributed by atoms with Crippen molar-refractivity contribution < 1.29 is 4.74 Å². The zero-order valence-electron chi connectivity index (χ0n) is 11.0. The van der Waals surface area contributed by atoms with Gasteiger partial charge in [0.05, 0.1) is 6.61 Å². The molecule has 0 amide bonds. The SMILES string of the molecule is COCC(C)NC(=S)NC1CCC(SC)CC1. The van der Waals surface area contributed by atoms with Gasteiger partial charge in [0.25, 0.3) is 0 Å². The molecule has 5 heteroatoms. The second kappa shape index (κ2) is 8.16. The summed E-state index contributed by atoms with van der Waals surface area (Å²) in [6.07, 6.45) is 7.26. The monoisotopic (exact) mass is 276 g/mol. The van der Waals surface area contributed by atoms with Crippen LogP contribution in [0.5, 0.6) is 0 Å². The number of rotatable bonds is 5. The molecule has 0 spiro atoms. The molecule has 0 aromatic carbocycles. The molecule has 1 aliphatic rings. The summed E-state index contributed by atoms with van der Waals surface area (Å²) < 4.78 is 5.07. The lowest BCUT2D eigenvalue weighted by atomic mass is 9.95. The summed E-state index contributed by atoms with van der Waals surface area (Å²) in [5.41, 5.74) is 0. The Morgan fingerprint density at radius 1 is 1.41 bits per heavy atom. The van der Waals surface area contributed by atoms with E-state index in [-0.39, 0.29) is 6.04 Å². The van der Waals surface area contributed by atoms with Crippen molar-refractivity contribution in [2.45, 2.75) is 49.9 Å². The van der Waals surface area contributed by atoms with E-state index < -0.39 is 0 Å².